The lowest BCUT2D eigenvalue weighted by Crippen LogP contribution is -2.35. The standard InChI is InChI=1S/C20H19ClFN5O2/c1-29-17-8-16-12(7-11(17)9-24-15-5-6-23-20(15)28)19(26-10-25-16)27-14-4-2-3-13(21)18(14)22/h2-4,7-8,10,15,24H,5-6,9H2,1H3,(H,23,28)(H,25,26,27). The number of carbonyl (C=O) groups excluding carboxylic acids is 1. The van der Waals surface area contributed by atoms with E-state index in [1.807, 2.05) is 6.07 Å². The highest BCUT2D eigenvalue weighted by molar-refractivity contribution is 6.31. The third-order valence-corrected chi connectivity index (χ3v) is 5.12. The zero-order valence-electron chi connectivity index (χ0n) is 15.6. The Bertz CT molecular complexity index is 1080. The van der Waals surface area contributed by atoms with Gasteiger partial charge in [-0.1, -0.05) is 17.7 Å². The third kappa shape index (κ3) is 3.94. The van der Waals surface area contributed by atoms with Crippen LogP contribution in [0.2, 0.25) is 5.02 Å². The summed E-state index contributed by atoms with van der Waals surface area (Å²) < 4.78 is 19.8. The first-order valence-corrected chi connectivity index (χ1v) is 9.48. The Morgan fingerprint density at radius 3 is 2.97 bits per heavy atom. The smallest absolute Gasteiger partial charge is 0.237 e. The zero-order chi connectivity index (χ0) is 20.4. The second kappa shape index (κ2) is 8.18. The molecule has 1 saturated heterocycles. The number of anilines is 2. The summed E-state index contributed by atoms with van der Waals surface area (Å²) in [4.78, 5) is 20.3. The van der Waals surface area contributed by atoms with Crippen molar-refractivity contribution < 1.29 is 13.9 Å². The predicted octanol–water partition coefficient (Wildman–Crippen LogP) is 3.15. The molecule has 1 amide bonds. The molecule has 1 aliphatic heterocycles. The summed E-state index contributed by atoms with van der Waals surface area (Å²) in [7, 11) is 1.58. The van der Waals surface area contributed by atoms with E-state index >= 15 is 0 Å². The van der Waals surface area contributed by atoms with Gasteiger partial charge in [0.2, 0.25) is 5.91 Å². The molecule has 29 heavy (non-hydrogen) atoms. The molecule has 0 spiro atoms. The molecule has 2 aromatic carbocycles. The minimum atomic E-state index is -0.552. The van der Waals surface area contributed by atoms with Gasteiger partial charge < -0.3 is 20.7 Å². The lowest BCUT2D eigenvalue weighted by Gasteiger charge is -2.15. The van der Waals surface area contributed by atoms with Gasteiger partial charge in [-0.15, -0.1) is 0 Å². The first-order chi connectivity index (χ1) is 14.1. The van der Waals surface area contributed by atoms with Gasteiger partial charge in [0, 0.05) is 30.1 Å². The van der Waals surface area contributed by atoms with Crippen molar-refractivity contribution in [2.45, 2.75) is 19.0 Å². The maximum atomic E-state index is 14.3. The molecule has 1 atom stereocenters. The van der Waals surface area contributed by atoms with Gasteiger partial charge in [0.15, 0.2) is 5.82 Å². The molecule has 0 radical (unpaired) electrons. The Kier molecular flexibility index (Phi) is 5.46. The molecule has 150 valence electrons. The molecule has 9 heteroatoms. The molecule has 7 nitrogen and oxygen atoms in total. The maximum Gasteiger partial charge on any atom is 0.237 e. The van der Waals surface area contributed by atoms with Crippen molar-refractivity contribution in [3.63, 3.8) is 0 Å². The summed E-state index contributed by atoms with van der Waals surface area (Å²) in [6, 6.07) is 8.15. The number of carbonyl (C=O) groups is 1. The van der Waals surface area contributed by atoms with E-state index in [9.17, 15) is 9.18 Å². The number of ether oxygens (including phenoxy) is 1. The van der Waals surface area contributed by atoms with Gasteiger partial charge in [0.1, 0.15) is 17.9 Å². The predicted molar refractivity (Wildman–Crippen MR) is 109 cm³/mol. The molecule has 3 aromatic rings. The van der Waals surface area contributed by atoms with Gasteiger partial charge >= 0.3 is 0 Å². The van der Waals surface area contributed by atoms with Crippen LogP contribution in [-0.4, -0.2) is 35.6 Å². The summed E-state index contributed by atoms with van der Waals surface area (Å²) in [5.41, 5.74) is 1.70. The highest BCUT2D eigenvalue weighted by Crippen LogP contribution is 2.31. The monoisotopic (exact) mass is 415 g/mol. The maximum absolute atomic E-state index is 14.3. The van der Waals surface area contributed by atoms with Gasteiger partial charge in [-0.05, 0) is 24.6 Å². The first-order valence-electron chi connectivity index (χ1n) is 9.10. The molecule has 1 aliphatic rings. The van der Waals surface area contributed by atoms with Crippen LogP contribution in [0, 0.1) is 5.82 Å². The van der Waals surface area contributed by atoms with Gasteiger partial charge in [-0.3, -0.25) is 4.79 Å². The van der Waals surface area contributed by atoms with E-state index < -0.39 is 5.82 Å². The Labute approximate surface area is 171 Å². The van der Waals surface area contributed by atoms with E-state index in [2.05, 4.69) is 25.9 Å². The number of benzene rings is 2. The summed E-state index contributed by atoms with van der Waals surface area (Å²) in [5, 5.41) is 9.75. The van der Waals surface area contributed by atoms with E-state index in [1.165, 1.54) is 12.4 Å². The van der Waals surface area contributed by atoms with E-state index in [-0.39, 0.29) is 22.7 Å². The van der Waals surface area contributed by atoms with Gasteiger partial charge in [-0.25, -0.2) is 14.4 Å². The summed E-state index contributed by atoms with van der Waals surface area (Å²) in [6.07, 6.45) is 2.13. The normalized spacial score (nSPS) is 16.1. The van der Waals surface area contributed by atoms with Crippen LogP contribution in [0.25, 0.3) is 10.9 Å². The van der Waals surface area contributed by atoms with Crippen molar-refractivity contribution in [1.29, 1.82) is 0 Å². The average Bonchev–Trinajstić information content (AvgIpc) is 3.14. The van der Waals surface area contributed by atoms with Crippen molar-refractivity contribution in [3.05, 3.63) is 53.1 Å². The van der Waals surface area contributed by atoms with Crippen molar-refractivity contribution in [1.82, 2.24) is 20.6 Å². The largest absolute Gasteiger partial charge is 0.496 e. The summed E-state index contributed by atoms with van der Waals surface area (Å²) in [5.74, 6) is 0.524. The Morgan fingerprint density at radius 2 is 2.21 bits per heavy atom. The molecule has 0 saturated carbocycles. The number of aromatic nitrogens is 2. The molecule has 3 N–H and O–H groups in total. The minimum Gasteiger partial charge on any atom is -0.496 e. The number of methoxy groups -OCH3 is 1. The fourth-order valence-corrected chi connectivity index (χ4v) is 3.48. The lowest BCUT2D eigenvalue weighted by atomic mass is 10.1. The fraction of sp³-hybridized carbons (Fsp3) is 0.250. The number of hydrogen-bond donors (Lipinski definition) is 3. The Balaban J connectivity index is 1.68. The van der Waals surface area contributed by atoms with Crippen molar-refractivity contribution in [3.8, 4) is 5.75 Å². The van der Waals surface area contributed by atoms with Crippen molar-refractivity contribution in [2.24, 2.45) is 0 Å². The van der Waals surface area contributed by atoms with Crippen LogP contribution in [0.1, 0.15) is 12.0 Å². The first kappa shape index (κ1) is 19.4. The zero-order valence-corrected chi connectivity index (χ0v) is 16.4. The minimum absolute atomic E-state index is 0.00752. The number of amides is 1. The molecular formula is C20H19ClFN5O2. The van der Waals surface area contributed by atoms with Crippen LogP contribution in [0.3, 0.4) is 0 Å². The van der Waals surface area contributed by atoms with E-state index in [4.69, 9.17) is 16.3 Å². The quantitative estimate of drug-likeness (QED) is 0.573. The van der Waals surface area contributed by atoms with E-state index in [0.29, 0.717) is 35.6 Å². The van der Waals surface area contributed by atoms with Crippen molar-refractivity contribution in [2.75, 3.05) is 19.0 Å². The number of fused-ring (bicyclic) bond motifs is 1. The molecule has 1 aromatic heterocycles. The van der Waals surface area contributed by atoms with Crippen LogP contribution >= 0.6 is 11.6 Å². The molecule has 0 bridgehead atoms. The molecule has 0 aliphatic carbocycles. The highest BCUT2D eigenvalue weighted by atomic mass is 35.5. The van der Waals surface area contributed by atoms with Crippen LogP contribution < -0.4 is 20.7 Å². The second-order valence-electron chi connectivity index (χ2n) is 6.64. The topological polar surface area (TPSA) is 88.2 Å². The van der Waals surface area contributed by atoms with E-state index in [1.54, 1.807) is 25.3 Å². The fourth-order valence-electron chi connectivity index (χ4n) is 3.31. The van der Waals surface area contributed by atoms with Crippen molar-refractivity contribution >= 4 is 39.9 Å². The number of nitrogens with zero attached hydrogens (tertiary/aromatic N) is 2. The molecule has 1 fully saturated rings. The molecule has 2 heterocycles. The second-order valence-corrected chi connectivity index (χ2v) is 7.05. The number of hydrogen-bond acceptors (Lipinski definition) is 6. The Morgan fingerprint density at radius 1 is 1.34 bits per heavy atom. The lowest BCUT2D eigenvalue weighted by molar-refractivity contribution is -0.120. The molecule has 1 unspecified atom stereocenters. The van der Waals surface area contributed by atoms with Gasteiger partial charge in [0.25, 0.3) is 0 Å². The Hall–Kier alpha value is -2.97. The van der Waals surface area contributed by atoms with Crippen LogP contribution in [-0.2, 0) is 11.3 Å². The number of nitrogens with one attached hydrogen (secondary N) is 3. The average molecular weight is 416 g/mol. The van der Waals surface area contributed by atoms with Crippen LogP contribution in [0.4, 0.5) is 15.9 Å². The molecular weight excluding hydrogens is 397 g/mol. The van der Waals surface area contributed by atoms with E-state index in [0.717, 1.165) is 12.0 Å². The van der Waals surface area contributed by atoms with Gasteiger partial charge in [-0.2, -0.15) is 0 Å². The highest BCUT2D eigenvalue weighted by Gasteiger charge is 2.23. The SMILES string of the molecule is COc1cc2ncnc(Nc3cccc(Cl)c3F)c2cc1CNC1CCNC1=O. The van der Waals surface area contributed by atoms with Crippen LogP contribution in [0.15, 0.2) is 36.7 Å². The summed E-state index contributed by atoms with van der Waals surface area (Å²) in [6.45, 7) is 1.09. The van der Waals surface area contributed by atoms with Gasteiger partial charge in [0.05, 0.1) is 29.4 Å². The molecule has 4 rings (SSSR count). The van der Waals surface area contributed by atoms with Crippen LogP contribution in [0.5, 0.6) is 5.75 Å². The number of halogens is 2. The third-order valence-electron chi connectivity index (χ3n) is 4.83. The summed E-state index contributed by atoms with van der Waals surface area (Å²) >= 11 is 5.87. The number of rotatable bonds is 6.